The number of benzene rings is 1. The highest BCUT2D eigenvalue weighted by Gasteiger charge is 2.35. The molecule has 0 spiro atoms. The molecule has 3 aromatic rings. The van der Waals surface area contributed by atoms with Crippen LogP contribution in [0.2, 0.25) is 0 Å². The Hall–Kier alpha value is -3.56. The van der Waals surface area contributed by atoms with Gasteiger partial charge in [0.25, 0.3) is 5.91 Å². The molecule has 1 aromatic carbocycles. The lowest BCUT2D eigenvalue weighted by Crippen LogP contribution is -2.21. The third kappa shape index (κ3) is 5.10. The monoisotopic (exact) mass is 460 g/mol. The average molecular weight is 461 g/mol. The van der Waals surface area contributed by atoms with Crippen molar-refractivity contribution >= 4 is 28.8 Å². The van der Waals surface area contributed by atoms with Crippen molar-refractivity contribution in [1.29, 1.82) is 0 Å². The molecular formula is C23H27F3N6O. The molecule has 3 N–H and O–H groups in total. The van der Waals surface area contributed by atoms with Crippen LogP contribution in [0, 0.1) is 13.8 Å². The van der Waals surface area contributed by atoms with Crippen molar-refractivity contribution in [2.24, 2.45) is 7.05 Å². The number of pyridine rings is 1. The molecule has 2 aromatic heterocycles. The Morgan fingerprint density at radius 1 is 1.15 bits per heavy atom. The quantitative estimate of drug-likeness (QED) is 0.449. The molecule has 33 heavy (non-hydrogen) atoms. The van der Waals surface area contributed by atoms with Crippen molar-refractivity contribution in [3.63, 3.8) is 0 Å². The van der Waals surface area contributed by atoms with E-state index in [1.165, 1.54) is 13.1 Å². The molecule has 0 saturated heterocycles. The van der Waals surface area contributed by atoms with Crippen LogP contribution in [-0.4, -0.2) is 27.7 Å². The van der Waals surface area contributed by atoms with E-state index in [0.717, 1.165) is 23.9 Å². The Labute approximate surface area is 190 Å². The second-order valence-electron chi connectivity index (χ2n) is 7.70. The third-order valence-electron chi connectivity index (χ3n) is 5.37. The molecule has 0 saturated carbocycles. The van der Waals surface area contributed by atoms with Gasteiger partial charge in [0.15, 0.2) is 0 Å². The molecule has 0 aliphatic rings. The lowest BCUT2D eigenvalue weighted by atomic mass is 10.00. The van der Waals surface area contributed by atoms with Gasteiger partial charge in [0.1, 0.15) is 5.82 Å². The van der Waals surface area contributed by atoms with Gasteiger partial charge >= 0.3 is 6.18 Å². The first-order chi connectivity index (χ1) is 15.6. The SMILES string of the molecule is CCCc1cccc(Nc2cc(Nc3c(C)nn(C)c3C)ncc2C(F)(F)F)c1C(=O)NC. The van der Waals surface area contributed by atoms with E-state index in [9.17, 15) is 18.0 Å². The Morgan fingerprint density at radius 3 is 2.45 bits per heavy atom. The van der Waals surface area contributed by atoms with E-state index in [-0.39, 0.29) is 23.1 Å². The molecule has 0 fully saturated rings. The van der Waals surface area contributed by atoms with E-state index < -0.39 is 11.7 Å². The molecule has 0 unspecified atom stereocenters. The van der Waals surface area contributed by atoms with E-state index in [1.54, 1.807) is 36.9 Å². The highest BCUT2D eigenvalue weighted by Crippen LogP contribution is 2.38. The molecule has 7 nitrogen and oxygen atoms in total. The molecule has 176 valence electrons. The fourth-order valence-electron chi connectivity index (χ4n) is 3.66. The average Bonchev–Trinajstić information content (AvgIpc) is 2.99. The van der Waals surface area contributed by atoms with Gasteiger partial charge in [0.2, 0.25) is 0 Å². The van der Waals surface area contributed by atoms with Crippen LogP contribution >= 0.6 is 0 Å². The van der Waals surface area contributed by atoms with Gasteiger partial charge in [-0.25, -0.2) is 4.98 Å². The van der Waals surface area contributed by atoms with Gasteiger partial charge in [0, 0.05) is 26.4 Å². The van der Waals surface area contributed by atoms with Gasteiger partial charge in [-0.3, -0.25) is 9.48 Å². The first-order valence-corrected chi connectivity index (χ1v) is 10.5. The van der Waals surface area contributed by atoms with Crippen LogP contribution in [-0.2, 0) is 19.6 Å². The summed E-state index contributed by atoms with van der Waals surface area (Å²) in [6.45, 7) is 5.62. The highest BCUT2D eigenvalue weighted by molar-refractivity contribution is 6.01. The number of hydrogen-bond acceptors (Lipinski definition) is 5. The molecule has 0 atom stereocenters. The summed E-state index contributed by atoms with van der Waals surface area (Å²) >= 11 is 0. The molecule has 1 amide bonds. The number of aryl methyl sites for hydroxylation is 3. The lowest BCUT2D eigenvalue weighted by Gasteiger charge is -2.19. The van der Waals surface area contributed by atoms with Gasteiger partial charge < -0.3 is 16.0 Å². The van der Waals surface area contributed by atoms with E-state index >= 15 is 0 Å². The largest absolute Gasteiger partial charge is 0.419 e. The number of alkyl halides is 3. The summed E-state index contributed by atoms with van der Waals surface area (Å²) < 4.78 is 43.0. The van der Waals surface area contributed by atoms with Crippen LogP contribution in [0.4, 0.5) is 36.1 Å². The lowest BCUT2D eigenvalue weighted by molar-refractivity contribution is -0.137. The maximum atomic E-state index is 13.8. The third-order valence-corrected chi connectivity index (χ3v) is 5.37. The zero-order valence-electron chi connectivity index (χ0n) is 19.2. The van der Waals surface area contributed by atoms with Crippen molar-refractivity contribution in [1.82, 2.24) is 20.1 Å². The Morgan fingerprint density at radius 2 is 1.88 bits per heavy atom. The predicted octanol–water partition coefficient (Wildman–Crippen LogP) is 5.25. The molecule has 0 radical (unpaired) electrons. The second kappa shape index (κ2) is 9.51. The maximum Gasteiger partial charge on any atom is 0.419 e. The van der Waals surface area contributed by atoms with Crippen LogP contribution in [0.3, 0.4) is 0 Å². The van der Waals surface area contributed by atoms with Gasteiger partial charge in [-0.2, -0.15) is 18.3 Å². The summed E-state index contributed by atoms with van der Waals surface area (Å²) in [6, 6.07) is 6.40. The van der Waals surface area contributed by atoms with Crippen molar-refractivity contribution in [3.8, 4) is 0 Å². The molecule has 0 bridgehead atoms. The predicted molar refractivity (Wildman–Crippen MR) is 122 cm³/mol. The minimum atomic E-state index is -4.64. The molecule has 10 heteroatoms. The van der Waals surface area contributed by atoms with E-state index in [4.69, 9.17) is 0 Å². The first-order valence-electron chi connectivity index (χ1n) is 10.5. The fraction of sp³-hybridized carbons (Fsp3) is 0.348. The molecule has 0 aliphatic carbocycles. The summed E-state index contributed by atoms with van der Waals surface area (Å²) in [5.41, 5.74) is 2.40. The van der Waals surface area contributed by atoms with Crippen molar-refractivity contribution in [2.75, 3.05) is 17.7 Å². The van der Waals surface area contributed by atoms with Gasteiger partial charge in [0.05, 0.1) is 39.6 Å². The van der Waals surface area contributed by atoms with Gasteiger partial charge in [-0.1, -0.05) is 25.5 Å². The van der Waals surface area contributed by atoms with Crippen molar-refractivity contribution in [2.45, 2.75) is 39.8 Å². The number of nitrogens with one attached hydrogen (secondary N) is 3. The molecule has 2 heterocycles. The highest BCUT2D eigenvalue weighted by atomic mass is 19.4. The number of amides is 1. The van der Waals surface area contributed by atoms with Gasteiger partial charge in [-0.05, 0) is 31.9 Å². The van der Waals surface area contributed by atoms with Crippen LogP contribution < -0.4 is 16.0 Å². The number of carbonyl (C=O) groups excluding carboxylic acids is 1. The van der Waals surface area contributed by atoms with Gasteiger partial charge in [-0.15, -0.1) is 0 Å². The number of nitrogens with zero attached hydrogens (tertiary/aromatic N) is 3. The molecule has 3 rings (SSSR count). The van der Waals surface area contributed by atoms with Crippen molar-refractivity contribution in [3.05, 3.63) is 58.5 Å². The smallest absolute Gasteiger partial charge is 0.355 e. The van der Waals surface area contributed by atoms with E-state index in [1.807, 2.05) is 13.8 Å². The van der Waals surface area contributed by atoms with E-state index in [0.29, 0.717) is 23.4 Å². The molecular weight excluding hydrogens is 433 g/mol. The minimum absolute atomic E-state index is 0.210. The summed E-state index contributed by atoms with van der Waals surface area (Å²) in [4.78, 5) is 16.5. The Balaban J connectivity index is 2.09. The van der Waals surface area contributed by atoms with E-state index in [2.05, 4.69) is 26.0 Å². The first kappa shape index (κ1) is 24.1. The summed E-state index contributed by atoms with van der Waals surface area (Å²) in [7, 11) is 3.27. The number of rotatable bonds is 7. The van der Waals surface area contributed by atoms with Crippen molar-refractivity contribution < 1.29 is 18.0 Å². The van der Waals surface area contributed by atoms with Crippen LogP contribution in [0.1, 0.15) is 46.2 Å². The topological polar surface area (TPSA) is 83.9 Å². The number of halogens is 3. The second-order valence-corrected chi connectivity index (χ2v) is 7.70. The zero-order chi connectivity index (χ0) is 24.3. The number of anilines is 4. The summed E-state index contributed by atoms with van der Waals surface area (Å²) in [6.07, 6.45) is -2.45. The number of aromatic nitrogens is 3. The Bertz CT molecular complexity index is 1170. The summed E-state index contributed by atoms with van der Waals surface area (Å²) in [5, 5.41) is 12.8. The number of carbonyl (C=O) groups is 1. The standard InChI is InChI=1S/C23H27F3N6O/c1-6-8-15-9-7-10-17(20(15)22(33)27-4)29-18-11-19(28-12-16(18)23(24,25)26)30-21-13(2)31-32(5)14(21)3/h7,9-12H,6,8H2,1-5H3,(H,27,33)(H2,28,29,30). The van der Waals surface area contributed by atoms with Crippen LogP contribution in [0.15, 0.2) is 30.5 Å². The molecule has 0 aliphatic heterocycles. The zero-order valence-corrected chi connectivity index (χ0v) is 19.2. The normalized spacial score (nSPS) is 11.4. The Kier molecular flexibility index (Phi) is 6.95. The summed E-state index contributed by atoms with van der Waals surface area (Å²) in [5.74, 6) is -0.153. The number of hydrogen-bond donors (Lipinski definition) is 3. The van der Waals surface area contributed by atoms with Crippen LogP contribution in [0.5, 0.6) is 0 Å². The fourth-order valence-corrected chi connectivity index (χ4v) is 3.66. The minimum Gasteiger partial charge on any atom is -0.355 e. The van der Waals surface area contributed by atoms with Crippen LogP contribution in [0.25, 0.3) is 0 Å². The maximum absolute atomic E-state index is 13.8.